The number of ether oxygens (including phenoxy) is 1. The highest BCUT2D eigenvalue weighted by atomic mass is 16.5. The molecule has 2 rings (SSSR count). The van der Waals surface area contributed by atoms with E-state index in [0.29, 0.717) is 13.2 Å². The summed E-state index contributed by atoms with van der Waals surface area (Å²) in [4.78, 5) is 2.38. The predicted molar refractivity (Wildman–Crippen MR) is 67.0 cm³/mol. The standard InChI is InChI=1S/C13H20N2O/c1-2-11-9-15(10-11)12-5-3-4-6-13(12)16-8-7-14/h3-6,11H,2,7-10,14H2,1H3. The molecule has 1 aromatic rings. The highest BCUT2D eigenvalue weighted by molar-refractivity contribution is 5.60. The highest BCUT2D eigenvalue weighted by Gasteiger charge is 2.26. The van der Waals surface area contributed by atoms with Crippen LogP contribution in [0.3, 0.4) is 0 Å². The molecule has 0 unspecified atom stereocenters. The van der Waals surface area contributed by atoms with E-state index in [4.69, 9.17) is 10.5 Å². The number of nitrogens with zero attached hydrogens (tertiary/aromatic N) is 1. The Morgan fingerprint density at radius 1 is 1.38 bits per heavy atom. The van der Waals surface area contributed by atoms with Gasteiger partial charge in [0.15, 0.2) is 0 Å². The molecule has 1 aliphatic rings. The number of para-hydroxylation sites is 2. The van der Waals surface area contributed by atoms with E-state index in [2.05, 4.69) is 24.0 Å². The SMILES string of the molecule is CCC1CN(c2ccccc2OCCN)C1. The summed E-state index contributed by atoms with van der Waals surface area (Å²) in [5, 5.41) is 0. The molecule has 0 atom stereocenters. The maximum atomic E-state index is 5.65. The van der Waals surface area contributed by atoms with Gasteiger partial charge in [-0.15, -0.1) is 0 Å². The van der Waals surface area contributed by atoms with Crippen molar-refractivity contribution in [1.82, 2.24) is 0 Å². The van der Waals surface area contributed by atoms with Crippen LogP contribution in [0.25, 0.3) is 0 Å². The molecule has 0 aliphatic carbocycles. The van der Waals surface area contributed by atoms with E-state index < -0.39 is 0 Å². The summed E-state index contributed by atoms with van der Waals surface area (Å²) in [6.45, 7) is 5.70. The van der Waals surface area contributed by atoms with Gasteiger partial charge in [-0.2, -0.15) is 0 Å². The lowest BCUT2D eigenvalue weighted by Gasteiger charge is -2.41. The number of benzene rings is 1. The largest absolute Gasteiger partial charge is 0.490 e. The zero-order valence-electron chi connectivity index (χ0n) is 9.86. The maximum absolute atomic E-state index is 5.65. The number of anilines is 1. The Morgan fingerprint density at radius 2 is 2.12 bits per heavy atom. The topological polar surface area (TPSA) is 38.5 Å². The first kappa shape index (κ1) is 11.3. The van der Waals surface area contributed by atoms with E-state index in [1.807, 2.05) is 12.1 Å². The van der Waals surface area contributed by atoms with Gasteiger partial charge in [-0.25, -0.2) is 0 Å². The second kappa shape index (κ2) is 5.21. The molecule has 0 radical (unpaired) electrons. The van der Waals surface area contributed by atoms with Gasteiger partial charge < -0.3 is 15.4 Å². The Hall–Kier alpha value is -1.22. The van der Waals surface area contributed by atoms with E-state index in [0.717, 1.165) is 24.8 Å². The third-order valence-electron chi connectivity index (χ3n) is 3.12. The average Bonchev–Trinajstić information content (AvgIpc) is 2.26. The van der Waals surface area contributed by atoms with Crippen LogP contribution in [-0.4, -0.2) is 26.2 Å². The molecule has 3 nitrogen and oxygen atoms in total. The predicted octanol–water partition coefficient (Wildman–Crippen LogP) is 1.87. The normalized spacial score (nSPS) is 16.0. The second-order valence-electron chi connectivity index (χ2n) is 4.28. The Labute approximate surface area is 97.2 Å². The van der Waals surface area contributed by atoms with Crippen LogP contribution in [0, 0.1) is 5.92 Å². The molecule has 1 fully saturated rings. The highest BCUT2D eigenvalue weighted by Crippen LogP contribution is 2.33. The Bertz CT molecular complexity index is 334. The van der Waals surface area contributed by atoms with Crippen molar-refractivity contribution in [2.75, 3.05) is 31.1 Å². The minimum Gasteiger partial charge on any atom is -0.490 e. The fraction of sp³-hybridized carbons (Fsp3) is 0.538. The molecule has 16 heavy (non-hydrogen) atoms. The summed E-state index contributed by atoms with van der Waals surface area (Å²) >= 11 is 0. The molecule has 0 amide bonds. The van der Waals surface area contributed by atoms with Gasteiger partial charge in [0.25, 0.3) is 0 Å². The van der Waals surface area contributed by atoms with Crippen molar-refractivity contribution in [3.05, 3.63) is 24.3 Å². The van der Waals surface area contributed by atoms with E-state index in [-0.39, 0.29) is 0 Å². The van der Waals surface area contributed by atoms with E-state index in [1.54, 1.807) is 0 Å². The maximum Gasteiger partial charge on any atom is 0.142 e. The molecule has 2 N–H and O–H groups in total. The molecule has 0 bridgehead atoms. The van der Waals surface area contributed by atoms with Gasteiger partial charge >= 0.3 is 0 Å². The third kappa shape index (κ3) is 2.30. The summed E-state index contributed by atoms with van der Waals surface area (Å²) in [6, 6.07) is 8.21. The molecule has 0 aromatic heterocycles. The molecule has 3 heteroatoms. The first-order chi connectivity index (χ1) is 7.85. The van der Waals surface area contributed by atoms with Crippen molar-refractivity contribution in [3.8, 4) is 5.75 Å². The van der Waals surface area contributed by atoms with Gasteiger partial charge in [-0.05, 0) is 24.5 Å². The summed E-state index contributed by atoms with van der Waals surface area (Å²) in [5.74, 6) is 1.81. The second-order valence-corrected chi connectivity index (χ2v) is 4.28. The van der Waals surface area contributed by atoms with Gasteiger partial charge in [-0.1, -0.05) is 19.1 Å². The van der Waals surface area contributed by atoms with E-state index in [1.165, 1.54) is 12.1 Å². The van der Waals surface area contributed by atoms with E-state index in [9.17, 15) is 0 Å². The minimum absolute atomic E-state index is 0.561. The number of nitrogens with two attached hydrogens (primary N) is 1. The van der Waals surface area contributed by atoms with Crippen molar-refractivity contribution in [1.29, 1.82) is 0 Å². The minimum atomic E-state index is 0.561. The van der Waals surface area contributed by atoms with Crippen LogP contribution in [0.2, 0.25) is 0 Å². The van der Waals surface area contributed by atoms with Crippen LogP contribution in [0.15, 0.2) is 24.3 Å². The van der Waals surface area contributed by atoms with Crippen LogP contribution in [0.5, 0.6) is 5.75 Å². The lowest BCUT2D eigenvalue weighted by molar-refractivity contribution is 0.323. The lowest BCUT2D eigenvalue weighted by Crippen LogP contribution is -2.46. The molecule has 1 saturated heterocycles. The summed E-state index contributed by atoms with van der Waals surface area (Å²) in [6.07, 6.45) is 1.27. The van der Waals surface area contributed by atoms with Crippen LogP contribution in [0.1, 0.15) is 13.3 Å². The quantitative estimate of drug-likeness (QED) is 0.823. The molecule has 0 spiro atoms. The Balaban J connectivity index is 2.03. The zero-order valence-corrected chi connectivity index (χ0v) is 9.86. The zero-order chi connectivity index (χ0) is 11.4. The molecule has 0 saturated carbocycles. The Kier molecular flexibility index (Phi) is 3.67. The number of hydrogen-bond acceptors (Lipinski definition) is 3. The monoisotopic (exact) mass is 220 g/mol. The summed E-state index contributed by atoms with van der Waals surface area (Å²) < 4.78 is 5.65. The van der Waals surface area contributed by atoms with Gasteiger partial charge in [0.1, 0.15) is 12.4 Å². The molecular weight excluding hydrogens is 200 g/mol. The van der Waals surface area contributed by atoms with Crippen molar-refractivity contribution < 1.29 is 4.74 Å². The molecule has 1 heterocycles. The fourth-order valence-electron chi connectivity index (χ4n) is 2.03. The number of rotatable bonds is 5. The molecule has 1 aliphatic heterocycles. The van der Waals surface area contributed by atoms with Crippen molar-refractivity contribution in [2.45, 2.75) is 13.3 Å². The van der Waals surface area contributed by atoms with Crippen LogP contribution >= 0.6 is 0 Å². The van der Waals surface area contributed by atoms with Crippen molar-refractivity contribution in [2.24, 2.45) is 11.7 Å². The van der Waals surface area contributed by atoms with Gasteiger partial charge in [0.05, 0.1) is 5.69 Å². The van der Waals surface area contributed by atoms with E-state index >= 15 is 0 Å². The van der Waals surface area contributed by atoms with Gasteiger partial charge in [0, 0.05) is 19.6 Å². The summed E-state index contributed by atoms with van der Waals surface area (Å²) in [7, 11) is 0. The summed E-state index contributed by atoms with van der Waals surface area (Å²) in [5.41, 5.74) is 6.66. The molecular formula is C13H20N2O. The molecule has 88 valence electrons. The first-order valence-electron chi connectivity index (χ1n) is 6.02. The van der Waals surface area contributed by atoms with Crippen LogP contribution < -0.4 is 15.4 Å². The van der Waals surface area contributed by atoms with Gasteiger partial charge in [0.2, 0.25) is 0 Å². The number of hydrogen-bond donors (Lipinski definition) is 1. The fourth-order valence-corrected chi connectivity index (χ4v) is 2.03. The Morgan fingerprint density at radius 3 is 2.81 bits per heavy atom. The van der Waals surface area contributed by atoms with Crippen LogP contribution in [0.4, 0.5) is 5.69 Å². The molecule has 1 aromatic carbocycles. The van der Waals surface area contributed by atoms with Crippen LogP contribution in [-0.2, 0) is 0 Å². The lowest BCUT2D eigenvalue weighted by atomic mass is 9.96. The van der Waals surface area contributed by atoms with Crippen molar-refractivity contribution in [3.63, 3.8) is 0 Å². The average molecular weight is 220 g/mol. The van der Waals surface area contributed by atoms with Crippen molar-refractivity contribution >= 4 is 5.69 Å². The van der Waals surface area contributed by atoms with Gasteiger partial charge in [-0.3, -0.25) is 0 Å². The third-order valence-corrected chi connectivity index (χ3v) is 3.12. The first-order valence-corrected chi connectivity index (χ1v) is 6.02. The smallest absolute Gasteiger partial charge is 0.142 e.